The van der Waals surface area contributed by atoms with E-state index in [4.69, 9.17) is 0 Å². The Hall–Kier alpha value is -3.66. The standard InChI is InChI=1S/C22H18FN5O3S/c23-17-9-15-18(29)16(21(30)31)12-28(22-25-7-8-32-22)19(15)26-20(17)27-10-13(11-27)4-5-14-3-1-2-6-24-14/h1-3,6-9,12-13H,4-5,10-11H2,(H,30,31). The molecule has 1 fully saturated rings. The molecule has 1 aliphatic rings. The SMILES string of the molecule is O=C(O)c1cn(-c2nccs2)c2nc(N3CC(CCc4ccccn4)C3)c(F)cc2c1=O. The van der Waals surface area contributed by atoms with Crippen LogP contribution in [0, 0.1) is 11.7 Å². The van der Waals surface area contributed by atoms with Gasteiger partial charge in [-0.1, -0.05) is 6.07 Å². The van der Waals surface area contributed by atoms with Crippen LogP contribution in [0.2, 0.25) is 0 Å². The Morgan fingerprint density at radius 3 is 2.78 bits per heavy atom. The number of aromatic carboxylic acids is 1. The number of hydrogen-bond donors (Lipinski definition) is 1. The number of nitrogens with zero attached hydrogens (tertiary/aromatic N) is 5. The minimum atomic E-state index is -1.38. The zero-order chi connectivity index (χ0) is 22.2. The summed E-state index contributed by atoms with van der Waals surface area (Å²) in [6.07, 6.45) is 6.33. The molecule has 0 amide bonds. The first kappa shape index (κ1) is 20.3. The number of aromatic nitrogens is 4. The molecular weight excluding hydrogens is 433 g/mol. The lowest BCUT2D eigenvalue weighted by Gasteiger charge is -2.40. The maximum Gasteiger partial charge on any atom is 0.341 e. The normalized spacial score (nSPS) is 14.0. The average Bonchev–Trinajstić information content (AvgIpc) is 3.29. The highest BCUT2D eigenvalue weighted by Crippen LogP contribution is 2.30. The molecule has 0 radical (unpaired) electrons. The van der Waals surface area contributed by atoms with Gasteiger partial charge in [0.05, 0.1) is 5.39 Å². The Morgan fingerprint density at radius 2 is 2.09 bits per heavy atom. The van der Waals surface area contributed by atoms with Gasteiger partial charge >= 0.3 is 5.97 Å². The van der Waals surface area contributed by atoms with Gasteiger partial charge in [-0.2, -0.15) is 0 Å². The van der Waals surface area contributed by atoms with Gasteiger partial charge in [0, 0.05) is 42.8 Å². The molecule has 0 atom stereocenters. The van der Waals surface area contributed by atoms with Crippen LogP contribution >= 0.6 is 11.3 Å². The number of aryl methyl sites for hydroxylation is 1. The van der Waals surface area contributed by atoms with Gasteiger partial charge in [0.1, 0.15) is 5.56 Å². The number of carbonyl (C=O) groups is 1. The first-order valence-corrected chi connectivity index (χ1v) is 10.9. The summed E-state index contributed by atoms with van der Waals surface area (Å²) in [6, 6.07) is 6.91. The van der Waals surface area contributed by atoms with Crippen molar-refractivity contribution in [3.8, 4) is 5.13 Å². The maximum atomic E-state index is 14.9. The number of carboxylic acid groups (broad SMARTS) is 1. The van der Waals surface area contributed by atoms with Crippen molar-refractivity contribution < 1.29 is 14.3 Å². The van der Waals surface area contributed by atoms with Crippen molar-refractivity contribution in [1.29, 1.82) is 0 Å². The van der Waals surface area contributed by atoms with Crippen molar-refractivity contribution in [2.45, 2.75) is 12.8 Å². The number of thiazole rings is 1. The second-order valence-corrected chi connectivity index (χ2v) is 8.53. The molecule has 32 heavy (non-hydrogen) atoms. The molecule has 0 spiro atoms. The van der Waals surface area contributed by atoms with Crippen molar-refractivity contribution in [3.05, 3.63) is 75.5 Å². The summed E-state index contributed by atoms with van der Waals surface area (Å²) in [7, 11) is 0. The minimum Gasteiger partial charge on any atom is -0.477 e. The summed E-state index contributed by atoms with van der Waals surface area (Å²) in [4.78, 5) is 39.0. The van der Waals surface area contributed by atoms with Crippen molar-refractivity contribution in [2.75, 3.05) is 18.0 Å². The maximum absolute atomic E-state index is 14.9. The van der Waals surface area contributed by atoms with Crippen molar-refractivity contribution in [2.24, 2.45) is 5.92 Å². The minimum absolute atomic E-state index is 0.0893. The van der Waals surface area contributed by atoms with Crippen LogP contribution in [0.4, 0.5) is 10.2 Å². The zero-order valence-electron chi connectivity index (χ0n) is 16.8. The Balaban J connectivity index is 1.46. The Labute approximate surface area is 185 Å². The van der Waals surface area contributed by atoms with Gasteiger partial charge in [0.25, 0.3) is 0 Å². The lowest BCUT2D eigenvalue weighted by atomic mass is 9.93. The molecule has 0 aromatic carbocycles. The number of fused-ring (bicyclic) bond motifs is 1. The van der Waals surface area contributed by atoms with Crippen LogP contribution < -0.4 is 10.3 Å². The highest BCUT2D eigenvalue weighted by molar-refractivity contribution is 7.12. The first-order valence-electron chi connectivity index (χ1n) is 10.0. The van der Waals surface area contributed by atoms with E-state index < -0.39 is 22.8 Å². The van der Waals surface area contributed by atoms with Gasteiger partial charge in [-0.05, 0) is 37.0 Å². The lowest BCUT2D eigenvalue weighted by Crippen LogP contribution is -2.47. The Bertz CT molecular complexity index is 1350. The molecule has 8 nitrogen and oxygen atoms in total. The van der Waals surface area contributed by atoms with E-state index >= 15 is 0 Å². The number of rotatable bonds is 6. The Morgan fingerprint density at radius 1 is 1.25 bits per heavy atom. The second kappa shape index (κ2) is 8.12. The van der Waals surface area contributed by atoms with Crippen LogP contribution in [0.15, 0.2) is 53.0 Å². The molecule has 1 saturated heterocycles. The summed E-state index contributed by atoms with van der Waals surface area (Å²) >= 11 is 1.26. The molecular formula is C22H18FN5O3S. The van der Waals surface area contributed by atoms with E-state index in [1.165, 1.54) is 22.1 Å². The average molecular weight is 451 g/mol. The second-order valence-electron chi connectivity index (χ2n) is 7.66. The number of carboxylic acids is 1. The van der Waals surface area contributed by atoms with Crippen LogP contribution in [0.3, 0.4) is 0 Å². The van der Waals surface area contributed by atoms with Gasteiger partial charge in [-0.15, -0.1) is 11.3 Å². The molecule has 5 heterocycles. The third kappa shape index (κ3) is 3.62. The van der Waals surface area contributed by atoms with E-state index in [1.54, 1.807) is 17.8 Å². The summed E-state index contributed by atoms with van der Waals surface area (Å²) in [5.74, 6) is -1.49. The van der Waals surface area contributed by atoms with Crippen molar-refractivity contribution in [3.63, 3.8) is 0 Å². The molecule has 0 saturated carbocycles. The van der Waals surface area contributed by atoms with Crippen LogP contribution in [0.5, 0.6) is 0 Å². The predicted octanol–water partition coefficient (Wildman–Crippen LogP) is 3.14. The van der Waals surface area contributed by atoms with Crippen LogP contribution in [0.25, 0.3) is 16.2 Å². The lowest BCUT2D eigenvalue weighted by molar-refractivity contribution is 0.0695. The van der Waals surface area contributed by atoms with Crippen LogP contribution in [0.1, 0.15) is 22.5 Å². The molecule has 1 N–H and O–H groups in total. The molecule has 4 aromatic heterocycles. The highest BCUT2D eigenvalue weighted by Gasteiger charge is 2.30. The number of halogens is 1. The third-order valence-corrected chi connectivity index (χ3v) is 6.33. The smallest absolute Gasteiger partial charge is 0.341 e. The fourth-order valence-electron chi connectivity index (χ4n) is 3.89. The number of hydrogen-bond acceptors (Lipinski definition) is 7. The molecule has 162 valence electrons. The first-order chi connectivity index (χ1) is 15.5. The molecule has 10 heteroatoms. The van der Waals surface area contributed by atoms with E-state index in [0.29, 0.717) is 24.1 Å². The molecule has 0 bridgehead atoms. The third-order valence-electron chi connectivity index (χ3n) is 5.56. The van der Waals surface area contributed by atoms with Gasteiger partial charge in [-0.25, -0.2) is 19.2 Å². The van der Waals surface area contributed by atoms with Crippen LogP contribution in [-0.4, -0.2) is 43.7 Å². The van der Waals surface area contributed by atoms with E-state index in [1.807, 2.05) is 23.1 Å². The van der Waals surface area contributed by atoms with Gasteiger partial charge in [-0.3, -0.25) is 14.3 Å². The van der Waals surface area contributed by atoms with E-state index in [9.17, 15) is 19.1 Å². The largest absolute Gasteiger partial charge is 0.477 e. The van der Waals surface area contributed by atoms with Gasteiger partial charge < -0.3 is 10.0 Å². The monoisotopic (exact) mass is 451 g/mol. The molecule has 0 aliphatic carbocycles. The van der Waals surface area contributed by atoms with Gasteiger partial charge in [0.15, 0.2) is 22.4 Å². The Kier molecular flexibility index (Phi) is 5.14. The summed E-state index contributed by atoms with van der Waals surface area (Å²) in [6.45, 7) is 1.30. The number of pyridine rings is 3. The fraction of sp³-hybridized carbons (Fsp3) is 0.227. The zero-order valence-corrected chi connectivity index (χ0v) is 17.6. The summed E-state index contributed by atoms with van der Waals surface area (Å²) < 4.78 is 16.4. The molecule has 0 unspecified atom stereocenters. The number of anilines is 1. The van der Waals surface area contributed by atoms with Crippen molar-refractivity contribution >= 4 is 34.2 Å². The predicted molar refractivity (Wildman–Crippen MR) is 118 cm³/mol. The van der Waals surface area contributed by atoms with Gasteiger partial charge in [0.2, 0.25) is 5.43 Å². The quantitative estimate of drug-likeness (QED) is 0.481. The molecule has 5 rings (SSSR count). The van der Waals surface area contributed by atoms with Crippen LogP contribution in [-0.2, 0) is 6.42 Å². The molecule has 1 aliphatic heterocycles. The van der Waals surface area contributed by atoms with E-state index in [-0.39, 0.29) is 16.9 Å². The summed E-state index contributed by atoms with van der Waals surface area (Å²) in [5.41, 5.74) is -0.0127. The van der Waals surface area contributed by atoms with Crippen molar-refractivity contribution in [1.82, 2.24) is 19.5 Å². The van der Waals surface area contributed by atoms with E-state index in [2.05, 4.69) is 15.0 Å². The van der Waals surface area contributed by atoms with E-state index in [0.717, 1.165) is 24.6 Å². The fourth-order valence-corrected chi connectivity index (χ4v) is 4.51. The highest BCUT2D eigenvalue weighted by atomic mass is 32.1. The molecule has 4 aromatic rings. The summed E-state index contributed by atoms with van der Waals surface area (Å²) in [5, 5.41) is 11.5. The topological polar surface area (TPSA) is 101 Å².